The third kappa shape index (κ3) is 3.45. The predicted molar refractivity (Wildman–Crippen MR) is 65.3 cm³/mol. The highest BCUT2D eigenvalue weighted by atomic mass is 35.5. The lowest BCUT2D eigenvalue weighted by Crippen LogP contribution is -2.13. The van der Waals surface area contributed by atoms with Crippen LogP contribution in [-0.2, 0) is 0 Å². The zero-order chi connectivity index (χ0) is 11.3. The van der Waals surface area contributed by atoms with Crippen molar-refractivity contribution in [2.75, 3.05) is 0 Å². The summed E-state index contributed by atoms with van der Waals surface area (Å²) in [4.78, 5) is 0. The zero-order valence-electron chi connectivity index (χ0n) is 9.03. The Morgan fingerprint density at radius 2 is 2.00 bits per heavy atom. The monoisotopic (exact) mass is 222 g/mol. The first-order valence-corrected chi connectivity index (χ1v) is 5.23. The molecular formula is C13H15ClO. The fraction of sp³-hybridized carbons (Fsp3) is 0.231. The van der Waals surface area contributed by atoms with Crippen LogP contribution in [0.4, 0.5) is 0 Å². The van der Waals surface area contributed by atoms with E-state index >= 15 is 0 Å². The highest BCUT2D eigenvalue weighted by Gasteiger charge is 2.08. The Bertz CT molecular complexity index is 354. The van der Waals surface area contributed by atoms with Gasteiger partial charge in [0.25, 0.3) is 0 Å². The van der Waals surface area contributed by atoms with Crippen LogP contribution < -0.4 is 4.74 Å². The van der Waals surface area contributed by atoms with Gasteiger partial charge in [-0.15, -0.1) is 0 Å². The summed E-state index contributed by atoms with van der Waals surface area (Å²) in [6, 6.07) is 9.68. The second kappa shape index (κ2) is 5.62. The molecule has 0 amide bonds. The number of para-hydroxylation sites is 1. The average Bonchev–Trinajstić information content (AvgIpc) is 2.28. The molecule has 1 aromatic carbocycles. The minimum atomic E-state index is -0.0436. The molecule has 0 saturated carbocycles. The fourth-order valence-electron chi connectivity index (χ4n) is 1.15. The van der Waals surface area contributed by atoms with Crippen LogP contribution in [0.25, 0.3) is 0 Å². The molecule has 0 fully saturated rings. The smallest absolute Gasteiger partial charge is 0.120 e. The second-order valence-electron chi connectivity index (χ2n) is 3.31. The quantitative estimate of drug-likeness (QED) is 0.696. The van der Waals surface area contributed by atoms with Crippen molar-refractivity contribution in [3.8, 4) is 5.75 Å². The van der Waals surface area contributed by atoms with Gasteiger partial charge in [-0.2, -0.15) is 0 Å². The van der Waals surface area contributed by atoms with Crippen LogP contribution in [0.15, 0.2) is 53.6 Å². The normalized spacial score (nSPS) is 14.1. The molecule has 80 valence electrons. The molecule has 1 atom stereocenters. The van der Waals surface area contributed by atoms with E-state index in [1.807, 2.05) is 44.2 Å². The number of benzene rings is 1. The van der Waals surface area contributed by atoms with Gasteiger partial charge in [-0.1, -0.05) is 42.5 Å². The molecule has 1 nitrogen and oxygen atoms in total. The average molecular weight is 223 g/mol. The van der Waals surface area contributed by atoms with Crippen molar-refractivity contribution in [2.45, 2.75) is 20.0 Å². The van der Waals surface area contributed by atoms with Gasteiger partial charge >= 0.3 is 0 Å². The molecule has 0 spiro atoms. The number of allylic oxidation sites excluding steroid dienone is 2. The summed E-state index contributed by atoms with van der Waals surface area (Å²) in [6.07, 6.45) is 1.58. The van der Waals surface area contributed by atoms with Crippen LogP contribution in [0.3, 0.4) is 0 Å². The summed E-state index contributed by atoms with van der Waals surface area (Å²) in [5.74, 6) is 0.845. The maximum atomic E-state index is 5.96. The Hall–Kier alpha value is -1.21. The summed E-state index contributed by atoms with van der Waals surface area (Å²) < 4.78 is 5.71. The number of hydrogen-bond donors (Lipinski definition) is 0. The Morgan fingerprint density at radius 1 is 1.40 bits per heavy atom. The van der Waals surface area contributed by atoms with Crippen molar-refractivity contribution in [1.29, 1.82) is 0 Å². The van der Waals surface area contributed by atoms with Gasteiger partial charge in [-0.3, -0.25) is 0 Å². The maximum Gasteiger partial charge on any atom is 0.120 e. The molecule has 15 heavy (non-hydrogen) atoms. The Labute approximate surface area is 96.0 Å². The standard InChI is InChI=1S/C13H15ClO/c1-4-13(14)10(2)11(3)15-12-8-6-5-7-9-12/h4-9,11H,1H2,2-3H3. The molecule has 0 saturated heterocycles. The van der Waals surface area contributed by atoms with Gasteiger partial charge in [0.1, 0.15) is 11.9 Å². The SMILES string of the molecule is C=CC(Cl)=C(C)C(C)Oc1ccccc1. The van der Waals surface area contributed by atoms with E-state index in [2.05, 4.69) is 6.58 Å². The van der Waals surface area contributed by atoms with E-state index in [1.165, 1.54) is 0 Å². The number of halogens is 1. The topological polar surface area (TPSA) is 9.23 Å². The van der Waals surface area contributed by atoms with Gasteiger partial charge in [0.2, 0.25) is 0 Å². The molecule has 0 aliphatic carbocycles. The van der Waals surface area contributed by atoms with Crippen molar-refractivity contribution >= 4 is 11.6 Å². The third-order valence-corrected chi connectivity index (χ3v) is 2.67. The number of hydrogen-bond acceptors (Lipinski definition) is 1. The maximum absolute atomic E-state index is 5.96. The van der Waals surface area contributed by atoms with E-state index in [9.17, 15) is 0 Å². The molecule has 2 heteroatoms. The highest BCUT2D eigenvalue weighted by molar-refractivity contribution is 6.31. The van der Waals surface area contributed by atoms with Crippen LogP contribution >= 0.6 is 11.6 Å². The van der Waals surface area contributed by atoms with Gasteiger partial charge in [0.05, 0.1) is 0 Å². The van der Waals surface area contributed by atoms with Crippen LogP contribution in [0.2, 0.25) is 0 Å². The molecule has 0 N–H and O–H groups in total. The van der Waals surface area contributed by atoms with Gasteiger partial charge in [0, 0.05) is 5.03 Å². The summed E-state index contributed by atoms with van der Waals surface area (Å²) in [6.45, 7) is 7.53. The number of ether oxygens (including phenoxy) is 1. The molecule has 1 unspecified atom stereocenters. The molecule has 1 rings (SSSR count). The van der Waals surface area contributed by atoms with E-state index in [1.54, 1.807) is 6.08 Å². The van der Waals surface area contributed by atoms with Crippen molar-refractivity contribution in [1.82, 2.24) is 0 Å². The largest absolute Gasteiger partial charge is 0.486 e. The Balaban J connectivity index is 2.72. The summed E-state index contributed by atoms with van der Waals surface area (Å²) >= 11 is 5.96. The van der Waals surface area contributed by atoms with Gasteiger partial charge < -0.3 is 4.74 Å². The first kappa shape index (κ1) is 11.9. The zero-order valence-corrected chi connectivity index (χ0v) is 9.79. The van der Waals surface area contributed by atoms with Crippen molar-refractivity contribution in [2.24, 2.45) is 0 Å². The Kier molecular flexibility index (Phi) is 4.44. The molecule has 0 bridgehead atoms. The Morgan fingerprint density at radius 3 is 2.53 bits per heavy atom. The molecule has 0 aliphatic rings. The third-order valence-electron chi connectivity index (χ3n) is 2.22. The number of rotatable bonds is 4. The van der Waals surface area contributed by atoms with Crippen molar-refractivity contribution in [3.05, 3.63) is 53.6 Å². The lowest BCUT2D eigenvalue weighted by Gasteiger charge is -2.16. The predicted octanol–water partition coefficient (Wildman–Crippen LogP) is 4.15. The molecular weight excluding hydrogens is 208 g/mol. The molecule has 0 aliphatic heterocycles. The first-order chi connectivity index (χ1) is 7.15. The highest BCUT2D eigenvalue weighted by Crippen LogP contribution is 2.19. The van der Waals surface area contributed by atoms with E-state index in [-0.39, 0.29) is 6.10 Å². The summed E-state index contributed by atoms with van der Waals surface area (Å²) in [5.41, 5.74) is 0.982. The molecule has 0 heterocycles. The first-order valence-electron chi connectivity index (χ1n) is 4.85. The van der Waals surface area contributed by atoms with Crippen LogP contribution in [0.5, 0.6) is 5.75 Å². The summed E-state index contributed by atoms with van der Waals surface area (Å²) in [7, 11) is 0. The lowest BCUT2D eigenvalue weighted by atomic mass is 10.2. The van der Waals surface area contributed by atoms with Gasteiger partial charge in [0.15, 0.2) is 0 Å². The minimum Gasteiger partial charge on any atom is -0.486 e. The van der Waals surface area contributed by atoms with Crippen LogP contribution in [-0.4, -0.2) is 6.10 Å². The van der Waals surface area contributed by atoms with E-state index in [0.717, 1.165) is 11.3 Å². The van der Waals surface area contributed by atoms with Gasteiger partial charge in [-0.05, 0) is 31.6 Å². The molecule has 0 aromatic heterocycles. The molecule has 0 radical (unpaired) electrons. The van der Waals surface area contributed by atoms with Crippen molar-refractivity contribution in [3.63, 3.8) is 0 Å². The van der Waals surface area contributed by atoms with Crippen molar-refractivity contribution < 1.29 is 4.74 Å². The van der Waals surface area contributed by atoms with Crippen LogP contribution in [0, 0.1) is 0 Å². The van der Waals surface area contributed by atoms with E-state index in [0.29, 0.717) is 5.03 Å². The molecule has 1 aromatic rings. The van der Waals surface area contributed by atoms with E-state index < -0.39 is 0 Å². The van der Waals surface area contributed by atoms with E-state index in [4.69, 9.17) is 16.3 Å². The second-order valence-corrected chi connectivity index (χ2v) is 3.72. The summed E-state index contributed by atoms with van der Waals surface area (Å²) in [5, 5.41) is 0.651. The fourth-order valence-corrected chi connectivity index (χ4v) is 1.30. The van der Waals surface area contributed by atoms with Crippen LogP contribution in [0.1, 0.15) is 13.8 Å². The lowest BCUT2D eigenvalue weighted by molar-refractivity contribution is 0.257. The van der Waals surface area contributed by atoms with Gasteiger partial charge in [-0.25, -0.2) is 0 Å². The minimum absolute atomic E-state index is 0.0436.